The number of aliphatic hydroxyl groups is 1. The van der Waals surface area contributed by atoms with Gasteiger partial charge in [-0.25, -0.2) is 0 Å². The Hall–Kier alpha value is -1.59. The number of ether oxygens (including phenoxy) is 1. The molecule has 1 fully saturated rings. The molecule has 0 heterocycles. The first-order chi connectivity index (χ1) is 11.5. The maximum absolute atomic E-state index is 12.8. The lowest BCUT2D eigenvalue weighted by molar-refractivity contribution is 0.0449. The summed E-state index contributed by atoms with van der Waals surface area (Å²) < 4.78 is 5.79. The summed E-state index contributed by atoms with van der Waals surface area (Å²) in [6.07, 6.45) is 3.75. The second kappa shape index (κ2) is 9.04. The van der Waals surface area contributed by atoms with Crippen LogP contribution in [0.15, 0.2) is 24.3 Å². The van der Waals surface area contributed by atoms with Crippen molar-refractivity contribution in [3.8, 4) is 5.75 Å². The molecule has 1 saturated carbocycles. The summed E-state index contributed by atoms with van der Waals surface area (Å²) in [5.41, 5.74) is 0.587. The van der Waals surface area contributed by atoms with Gasteiger partial charge < -0.3 is 19.6 Å². The number of benzene rings is 1. The Morgan fingerprint density at radius 1 is 1.21 bits per heavy atom. The maximum atomic E-state index is 12.8. The van der Waals surface area contributed by atoms with Crippen molar-refractivity contribution in [2.75, 3.05) is 40.8 Å². The molecule has 134 valence electrons. The van der Waals surface area contributed by atoms with Crippen LogP contribution in [0.1, 0.15) is 36.0 Å². The number of nitrogens with zero attached hydrogens (tertiary/aromatic N) is 2. The van der Waals surface area contributed by atoms with Crippen molar-refractivity contribution in [2.45, 2.75) is 31.8 Å². The number of amides is 1. The third kappa shape index (κ3) is 5.21. The summed E-state index contributed by atoms with van der Waals surface area (Å²) in [5.74, 6) is 0.753. The molecule has 0 aliphatic heterocycles. The van der Waals surface area contributed by atoms with Crippen molar-refractivity contribution in [3.63, 3.8) is 0 Å². The first-order valence-corrected chi connectivity index (χ1v) is 8.79. The molecule has 1 aliphatic carbocycles. The smallest absolute Gasteiger partial charge is 0.257 e. The number of carbonyl (C=O) groups is 1. The molecule has 0 bridgehead atoms. The standard InChI is InChI=1S/C19H30N2O3/c1-20(2)12-13-24-18-11-7-5-9-16(18)19(23)21(3)14-15-8-4-6-10-17(15)22/h5,7,9,11,15,17,22H,4,6,8,10,12-14H2,1-3H3. The minimum atomic E-state index is -0.291. The molecule has 24 heavy (non-hydrogen) atoms. The number of likely N-dealkylation sites (N-methyl/N-ethyl adjacent to an activating group) is 1. The van der Waals surface area contributed by atoms with E-state index in [1.165, 1.54) is 0 Å². The van der Waals surface area contributed by atoms with E-state index in [-0.39, 0.29) is 17.9 Å². The predicted molar refractivity (Wildman–Crippen MR) is 95.4 cm³/mol. The van der Waals surface area contributed by atoms with Crippen molar-refractivity contribution in [2.24, 2.45) is 5.92 Å². The molecule has 2 atom stereocenters. The van der Waals surface area contributed by atoms with E-state index in [4.69, 9.17) is 4.74 Å². The molecule has 1 aromatic carbocycles. The normalized spacial score (nSPS) is 20.9. The largest absolute Gasteiger partial charge is 0.491 e. The van der Waals surface area contributed by atoms with Crippen molar-refractivity contribution in [1.29, 1.82) is 0 Å². The van der Waals surface area contributed by atoms with Crippen LogP contribution in [0.2, 0.25) is 0 Å². The maximum Gasteiger partial charge on any atom is 0.257 e. The Morgan fingerprint density at radius 3 is 2.62 bits per heavy atom. The first kappa shape index (κ1) is 18.7. The van der Waals surface area contributed by atoms with Gasteiger partial charge in [0.2, 0.25) is 0 Å². The van der Waals surface area contributed by atoms with Crippen LogP contribution in [0.5, 0.6) is 5.75 Å². The minimum Gasteiger partial charge on any atom is -0.491 e. The van der Waals surface area contributed by atoms with Gasteiger partial charge in [0.25, 0.3) is 5.91 Å². The highest BCUT2D eigenvalue weighted by Crippen LogP contribution is 2.26. The highest BCUT2D eigenvalue weighted by molar-refractivity contribution is 5.96. The molecule has 5 heteroatoms. The molecule has 1 amide bonds. The third-order valence-corrected chi connectivity index (χ3v) is 4.64. The fourth-order valence-corrected chi connectivity index (χ4v) is 3.15. The Bertz CT molecular complexity index is 533. The van der Waals surface area contributed by atoms with Crippen LogP contribution in [0, 0.1) is 5.92 Å². The average molecular weight is 334 g/mol. The van der Waals surface area contributed by atoms with E-state index in [2.05, 4.69) is 0 Å². The lowest BCUT2D eigenvalue weighted by atomic mass is 9.86. The number of aliphatic hydroxyl groups excluding tert-OH is 1. The predicted octanol–water partition coefficient (Wildman–Crippen LogP) is 2.25. The van der Waals surface area contributed by atoms with Crippen LogP contribution >= 0.6 is 0 Å². The second-order valence-electron chi connectivity index (χ2n) is 6.95. The zero-order valence-electron chi connectivity index (χ0n) is 15.1. The average Bonchev–Trinajstić information content (AvgIpc) is 2.56. The van der Waals surface area contributed by atoms with Crippen molar-refractivity contribution < 1.29 is 14.6 Å². The van der Waals surface area contributed by atoms with E-state index in [9.17, 15) is 9.90 Å². The second-order valence-corrected chi connectivity index (χ2v) is 6.95. The highest BCUT2D eigenvalue weighted by atomic mass is 16.5. The fourth-order valence-electron chi connectivity index (χ4n) is 3.15. The van der Waals surface area contributed by atoms with Crippen LogP contribution in [0.3, 0.4) is 0 Å². The number of hydrogen-bond acceptors (Lipinski definition) is 4. The summed E-state index contributed by atoms with van der Waals surface area (Å²) in [6.45, 7) is 1.93. The van der Waals surface area contributed by atoms with E-state index in [1.807, 2.05) is 37.2 Å². The molecule has 2 unspecified atom stereocenters. The first-order valence-electron chi connectivity index (χ1n) is 8.79. The lowest BCUT2D eigenvalue weighted by Crippen LogP contribution is -2.38. The van der Waals surface area contributed by atoms with Gasteiger partial charge >= 0.3 is 0 Å². The highest BCUT2D eigenvalue weighted by Gasteiger charge is 2.26. The summed E-state index contributed by atoms with van der Waals surface area (Å²) in [4.78, 5) is 16.6. The Balaban J connectivity index is 2.00. The van der Waals surface area contributed by atoms with E-state index in [1.54, 1.807) is 18.0 Å². The van der Waals surface area contributed by atoms with E-state index >= 15 is 0 Å². The number of para-hydroxylation sites is 1. The molecule has 0 radical (unpaired) electrons. The van der Waals surface area contributed by atoms with Gasteiger partial charge in [-0.3, -0.25) is 4.79 Å². The SMILES string of the molecule is CN(C)CCOc1ccccc1C(=O)N(C)CC1CCCCC1O. The summed E-state index contributed by atoms with van der Waals surface area (Å²) in [5, 5.41) is 10.1. The van der Waals surface area contributed by atoms with Gasteiger partial charge in [0.15, 0.2) is 0 Å². The molecule has 1 N–H and O–H groups in total. The Morgan fingerprint density at radius 2 is 1.92 bits per heavy atom. The molecule has 2 rings (SSSR count). The monoisotopic (exact) mass is 334 g/mol. The molecule has 1 aliphatic rings. The summed E-state index contributed by atoms with van der Waals surface area (Å²) >= 11 is 0. The summed E-state index contributed by atoms with van der Waals surface area (Å²) in [6, 6.07) is 7.38. The van der Waals surface area contributed by atoms with Gasteiger partial charge in [0, 0.05) is 26.1 Å². The van der Waals surface area contributed by atoms with Gasteiger partial charge in [-0.2, -0.15) is 0 Å². The molecular formula is C19H30N2O3. The van der Waals surface area contributed by atoms with E-state index in [0.717, 1.165) is 32.2 Å². The number of rotatable bonds is 7. The fraction of sp³-hybridized carbons (Fsp3) is 0.632. The lowest BCUT2D eigenvalue weighted by Gasteiger charge is -2.31. The van der Waals surface area contributed by atoms with Crippen molar-refractivity contribution >= 4 is 5.91 Å². The van der Waals surface area contributed by atoms with Gasteiger partial charge in [-0.1, -0.05) is 25.0 Å². The Kier molecular flexibility index (Phi) is 7.06. The summed E-state index contributed by atoms with van der Waals surface area (Å²) in [7, 11) is 5.79. The molecule has 5 nitrogen and oxygen atoms in total. The third-order valence-electron chi connectivity index (χ3n) is 4.64. The van der Waals surface area contributed by atoms with Gasteiger partial charge in [-0.05, 0) is 39.1 Å². The zero-order chi connectivity index (χ0) is 17.5. The number of hydrogen-bond donors (Lipinski definition) is 1. The van der Waals surface area contributed by atoms with Crippen LogP contribution in [0.25, 0.3) is 0 Å². The quantitative estimate of drug-likeness (QED) is 0.831. The van der Waals surface area contributed by atoms with E-state index < -0.39 is 0 Å². The van der Waals surface area contributed by atoms with Gasteiger partial charge in [-0.15, -0.1) is 0 Å². The molecule has 1 aromatic rings. The van der Waals surface area contributed by atoms with Crippen LogP contribution in [-0.4, -0.2) is 67.8 Å². The van der Waals surface area contributed by atoms with Crippen LogP contribution in [-0.2, 0) is 0 Å². The zero-order valence-corrected chi connectivity index (χ0v) is 15.1. The number of carbonyl (C=O) groups excluding carboxylic acids is 1. The van der Waals surface area contributed by atoms with Crippen molar-refractivity contribution in [1.82, 2.24) is 9.80 Å². The molecule has 0 spiro atoms. The molecule has 0 aromatic heterocycles. The molecular weight excluding hydrogens is 304 g/mol. The minimum absolute atomic E-state index is 0.0479. The topological polar surface area (TPSA) is 53.0 Å². The van der Waals surface area contributed by atoms with E-state index in [0.29, 0.717) is 24.5 Å². The van der Waals surface area contributed by atoms with Crippen LogP contribution < -0.4 is 4.74 Å². The van der Waals surface area contributed by atoms with Crippen molar-refractivity contribution in [3.05, 3.63) is 29.8 Å². The molecule has 0 saturated heterocycles. The van der Waals surface area contributed by atoms with Crippen LogP contribution in [0.4, 0.5) is 0 Å². The Labute approximate surface area is 145 Å². The van der Waals surface area contributed by atoms with Gasteiger partial charge in [0.05, 0.1) is 11.7 Å². The van der Waals surface area contributed by atoms with Gasteiger partial charge in [0.1, 0.15) is 12.4 Å².